The first-order valence-corrected chi connectivity index (χ1v) is 10.8. The van der Waals surface area contributed by atoms with Crippen molar-refractivity contribution >= 4 is 27.5 Å². The second-order valence-electron chi connectivity index (χ2n) is 6.63. The molecule has 6 nitrogen and oxygen atoms in total. The molecule has 0 aromatic heterocycles. The molecule has 0 aliphatic carbocycles. The Labute approximate surface area is 171 Å². The van der Waals surface area contributed by atoms with E-state index in [1.165, 1.54) is 25.3 Å². The summed E-state index contributed by atoms with van der Waals surface area (Å²) in [5, 5.41) is 3.52. The maximum Gasteiger partial charge on any atom is 0.251 e. The molecular formula is C20H25ClN2O4S. The highest BCUT2D eigenvalue weighted by Crippen LogP contribution is 2.26. The molecule has 1 atom stereocenters. The third-order valence-corrected chi connectivity index (χ3v) is 5.99. The van der Waals surface area contributed by atoms with E-state index in [1.807, 2.05) is 19.1 Å². The standard InChI is InChI=1S/C20H25ClN2O4S/c1-5-17(14-7-6-8-16(21)11-14)22-20(24)15-9-10-18(27-4)19(12-15)28(25,26)23-13(2)3/h6-13,17,23H,5H2,1-4H3,(H,22,24). The van der Waals surface area contributed by atoms with Gasteiger partial charge in [-0.15, -0.1) is 0 Å². The van der Waals surface area contributed by atoms with E-state index < -0.39 is 10.0 Å². The van der Waals surface area contributed by atoms with Crippen LogP contribution < -0.4 is 14.8 Å². The van der Waals surface area contributed by atoms with Gasteiger partial charge in [-0.05, 0) is 56.2 Å². The number of carbonyl (C=O) groups is 1. The monoisotopic (exact) mass is 424 g/mol. The Morgan fingerprint density at radius 3 is 2.46 bits per heavy atom. The fourth-order valence-electron chi connectivity index (χ4n) is 2.79. The summed E-state index contributed by atoms with van der Waals surface area (Å²) >= 11 is 6.05. The molecular weight excluding hydrogens is 400 g/mol. The highest BCUT2D eigenvalue weighted by atomic mass is 35.5. The lowest BCUT2D eigenvalue weighted by Crippen LogP contribution is -2.31. The van der Waals surface area contributed by atoms with Crippen molar-refractivity contribution in [3.8, 4) is 5.75 Å². The molecule has 8 heteroatoms. The van der Waals surface area contributed by atoms with Crippen LogP contribution in [0.5, 0.6) is 5.75 Å². The minimum atomic E-state index is -3.82. The summed E-state index contributed by atoms with van der Waals surface area (Å²) in [5.41, 5.74) is 1.11. The molecule has 28 heavy (non-hydrogen) atoms. The summed E-state index contributed by atoms with van der Waals surface area (Å²) in [6, 6.07) is 11.1. The molecule has 0 saturated heterocycles. The van der Waals surface area contributed by atoms with Crippen molar-refractivity contribution < 1.29 is 17.9 Å². The zero-order chi connectivity index (χ0) is 20.9. The summed E-state index contributed by atoms with van der Waals surface area (Å²) in [7, 11) is -2.44. The van der Waals surface area contributed by atoms with Gasteiger partial charge in [-0.1, -0.05) is 30.7 Å². The number of carbonyl (C=O) groups excluding carboxylic acids is 1. The molecule has 0 saturated carbocycles. The highest BCUT2D eigenvalue weighted by Gasteiger charge is 2.23. The van der Waals surface area contributed by atoms with E-state index in [2.05, 4.69) is 10.0 Å². The van der Waals surface area contributed by atoms with Crippen LogP contribution in [0.25, 0.3) is 0 Å². The Kier molecular flexibility index (Phi) is 7.46. The van der Waals surface area contributed by atoms with Gasteiger partial charge in [0, 0.05) is 16.6 Å². The number of rotatable bonds is 8. The van der Waals surface area contributed by atoms with Crippen molar-refractivity contribution in [2.75, 3.05) is 7.11 Å². The molecule has 0 heterocycles. The van der Waals surface area contributed by atoms with E-state index >= 15 is 0 Å². The smallest absolute Gasteiger partial charge is 0.251 e. The Hall–Kier alpha value is -2.09. The van der Waals surface area contributed by atoms with Gasteiger partial charge in [0.1, 0.15) is 10.6 Å². The normalized spacial score (nSPS) is 12.6. The lowest BCUT2D eigenvalue weighted by molar-refractivity contribution is 0.0935. The van der Waals surface area contributed by atoms with Crippen LogP contribution in [0.1, 0.15) is 49.2 Å². The van der Waals surface area contributed by atoms with E-state index in [4.69, 9.17) is 16.3 Å². The maximum absolute atomic E-state index is 12.8. The first kappa shape index (κ1) is 22.2. The van der Waals surface area contributed by atoms with Crippen molar-refractivity contribution in [1.29, 1.82) is 0 Å². The number of benzene rings is 2. The van der Waals surface area contributed by atoms with Crippen LogP contribution in [-0.2, 0) is 10.0 Å². The van der Waals surface area contributed by atoms with E-state index in [0.29, 0.717) is 11.4 Å². The average molecular weight is 425 g/mol. The minimum Gasteiger partial charge on any atom is -0.495 e. The van der Waals surface area contributed by atoms with Gasteiger partial charge < -0.3 is 10.1 Å². The quantitative estimate of drug-likeness (QED) is 0.672. The number of hydrogen-bond donors (Lipinski definition) is 2. The number of hydrogen-bond acceptors (Lipinski definition) is 4. The van der Waals surface area contributed by atoms with Crippen LogP contribution in [0.4, 0.5) is 0 Å². The predicted molar refractivity (Wildman–Crippen MR) is 110 cm³/mol. The second-order valence-corrected chi connectivity index (χ2v) is 8.75. The molecule has 2 aromatic rings. The molecule has 2 N–H and O–H groups in total. The van der Waals surface area contributed by atoms with E-state index in [9.17, 15) is 13.2 Å². The molecule has 0 bridgehead atoms. The minimum absolute atomic E-state index is 0.0767. The maximum atomic E-state index is 12.8. The van der Waals surface area contributed by atoms with Crippen LogP contribution in [0, 0.1) is 0 Å². The lowest BCUT2D eigenvalue weighted by atomic mass is 10.0. The van der Waals surface area contributed by atoms with Crippen LogP contribution >= 0.6 is 11.6 Å². The fraction of sp³-hybridized carbons (Fsp3) is 0.350. The Balaban J connectivity index is 2.34. The molecule has 0 spiro atoms. The second kappa shape index (κ2) is 9.41. The third kappa shape index (κ3) is 5.47. The van der Waals surface area contributed by atoms with Gasteiger partial charge in [0.15, 0.2) is 0 Å². The van der Waals surface area contributed by atoms with E-state index in [0.717, 1.165) is 5.56 Å². The van der Waals surface area contributed by atoms with Gasteiger partial charge in [-0.2, -0.15) is 0 Å². The number of methoxy groups -OCH3 is 1. The molecule has 2 aromatic carbocycles. The van der Waals surface area contributed by atoms with Crippen LogP contribution in [-0.4, -0.2) is 27.5 Å². The van der Waals surface area contributed by atoms with Crippen molar-refractivity contribution in [3.05, 3.63) is 58.6 Å². The fourth-order valence-corrected chi connectivity index (χ4v) is 4.43. The van der Waals surface area contributed by atoms with Crippen molar-refractivity contribution in [3.63, 3.8) is 0 Å². The molecule has 2 rings (SSSR count). The van der Waals surface area contributed by atoms with Gasteiger partial charge in [-0.25, -0.2) is 13.1 Å². The van der Waals surface area contributed by atoms with Crippen molar-refractivity contribution in [1.82, 2.24) is 10.0 Å². The predicted octanol–water partition coefficient (Wildman–Crippen LogP) is 3.92. The van der Waals surface area contributed by atoms with Crippen LogP contribution in [0.3, 0.4) is 0 Å². The largest absolute Gasteiger partial charge is 0.495 e. The summed E-state index contributed by atoms with van der Waals surface area (Å²) in [5.74, 6) is -0.206. The summed E-state index contributed by atoms with van der Waals surface area (Å²) in [4.78, 5) is 12.7. The van der Waals surface area contributed by atoms with E-state index in [-0.39, 0.29) is 34.2 Å². The summed E-state index contributed by atoms with van der Waals surface area (Å²) < 4.78 is 32.9. The number of amides is 1. The van der Waals surface area contributed by atoms with Gasteiger partial charge in [0.05, 0.1) is 13.2 Å². The number of sulfonamides is 1. The van der Waals surface area contributed by atoms with Crippen molar-refractivity contribution in [2.24, 2.45) is 0 Å². The number of halogens is 1. The third-order valence-electron chi connectivity index (χ3n) is 4.07. The van der Waals surface area contributed by atoms with Gasteiger partial charge in [-0.3, -0.25) is 4.79 Å². The molecule has 0 aliphatic heterocycles. The van der Waals surface area contributed by atoms with Gasteiger partial charge in [0.25, 0.3) is 5.91 Å². The average Bonchev–Trinajstić information content (AvgIpc) is 2.64. The molecule has 0 fully saturated rings. The van der Waals surface area contributed by atoms with Crippen LogP contribution in [0.2, 0.25) is 5.02 Å². The summed E-state index contributed by atoms with van der Waals surface area (Å²) in [6.45, 7) is 5.39. The van der Waals surface area contributed by atoms with Gasteiger partial charge in [0.2, 0.25) is 10.0 Å². The number of nitrogens with one attached hydrogen (secondary N) is 2. The zero-order valence-corrected chi connectivity index (χ0v) is 17.9. The Morgan fingerprint density at radius 2 is 1.89 bits per heavy atom. The molecule has 1 amide bonds. The highest BCUT2D eigenvalue weighted by molar-refractivity contribution is 7.89. The lowest BCUT2D eigenvalue weighted by Gasteiger charge is -2.19. The first-order valence-electron chi connectivity index (χ1n) is 8.94. The Bertz CT molecular complexity index is 945. The van der Waals surface area contributed by atoms with Gasteiger partial charge >= 0.3 is 0 Å². The molecule has 0 radical (unpaired) electrons. The molecule has 152 valence electrons. The summed E-state index contributed by atoms with van der Waals surface area (Å²) in [6.07, 6.45) is 0.655. The number of ether oxygens (including phenoxy) is 1. The van der Waals surface area contributed by atoms with Crippen LogP contribution in [0.15, 0.2) is 47.4 Å². The van der Waals surface area contributed by atoms with Crippen molar-refractivity contribution in [2.45, 2.75) is 44.2 Å². The Morgan fingerprint density at radius 1 is 1.18 bits per heavy atom. The topological polar surface area (TPSA) is 84.5 Å². The SMILES string of the molecule is CCC(NC(=O)c1ccc(OC)c(S(=O)(=O)NC(C)C)c1)c1cccc(Cl)c1. The zero-order valence-electron chi connectivity index (χ0n) is 16.3. The first-order chi connectivity index (χ1) is 13.2. The molecule has 0 aliphatic rings. The molecule has 1 unspecified atom stereocenters. The van der Waals surface area contributed by atoms with E-state index in [1.54, 1.807) is 26.0 Å².